The Balaban J connectivity index is 1.56. The number of hydrogen-bond donors (Lipinski definition) is 1. The summed E-state index contributed by atoms with van der Waals surface area (Å²) in [5, 5.41) is 3.53. The molecule has 4 aromatic rings. The van der Waals surface area contributed by atoms with Crippen LogP contribution in [0.1, 0.15) is 5.56 Å². The fourth-order valence-electron chi connectivity index (χ4n) is 3.38. The summed E-state index contributed by atoms with van der Waals surface area (Å²) in [6, 6.07) is 19.9. The lowest BCUT2D eigenvalue weighted by Gasteiger charge is -2.14. The molecular formula is C25H21F2N3O4S. The monoisotopic (exact) mass is 497 g/mol. The number of ether oxygens (including phenoxy) is 2. The number of aromatic nitrogens is 2. The number of carbonyl (C=O) groups excluding carboxylic acids is 1. The van der Waals surface area contributed by atoms with Gasteiger partial charge in [0, 0.05) is 6.54 Å². The number of thioether (sulfide) groups is 1. The van der Waals surface area contributed by atoms with Gasteiger partial charge in [-0.05, 0) is 54.1 Å². The van der Waals surface area contributed by atoms with Gasteiger partial charge in [0.05, 0.1) is 29.5 Å². The molecule has 0 fully saturated rings. The van der Waals surface area contributed by atoms with Crippen LogP contribution < -0.4 is 20.3 Å². The smallest absolute Gasteiger partial charge is 0.387 e. The molecule has 0 aliphatic carbocycles. The second kappa shape index (κ2) is 11.0. The van der Waals surface area contributed by atoms with Crippen molar-refractivity contribution in [1.82, 2.24) is 14.9 Å². The molecule has 0 atom stereocenters. The fraction of sp³-hybridized carbons (Fsp3) is 0.160. The number of fused-ring (bicyclic) bond motifs is 1. The Kier molecular flexibility index (Phi) is 7.61. The van der Waals surface area contributed by atoms with Gasteiger partial charge in [-0.2, -0.15) is 8.78 Å². The third-order valence-electron chi connectivity index (χ3n) is 5.02. The van der Waals surface area contributed by atoms with Gasteiger partial charge in [-0.25, -0.2) is 4.98 Å². The van der Waals surface area contributed by atoms with Gasteiger partial charge in [0.1, 0.15) is 11.5 Å². The van der Waals surface area contributed by atoms with Crippen LogP contribution in [0, 0.1) is 0 Å². The summed E-state index contributed by atoms with van der Waals surface area (Å²) in [5.41, 5.74) is 1.45. The summed E-state index contributed by atoms with van der Waals surface area (Å²) in [5.74, 6) is 0.436. The largest absolute Gasteiger partial charge is 0.497 e. The molecule has 1 aromatic heterocycles. The highest BCUT2D eigenvalue weighted by atomic mass is 32.2. The first-order valence-corrected chi connectivity index (χ1v) is 11.5. The third-order valence-corrected chi connectivity index (χ3v) is 5.96. The lowest BCUT2D eigenvalue weighted by atomic mass is 10.2. The molecule has 180 valence electrons. The molecule has 1 heterocycles. The summed E-state index contributed by atoms with van der Waals surface area (Å²) in [6.07, 6.45) is 0. The quantitative estimate of drug-likeness (QED) is 0.273. The van der Waals surface area contributed by atoms with Crippen molar-refractivity contribution < 1.29 is 23.0 Å². The number of amides is 1. The van der Waals surface area contributed by atoms with Crippen LogP contribution in [-0.2, 0) is 11.3 Å². The van der Waals surface area contributed by atoms with Crippen molar-refractivity contribution in [2.45, 2.75) is 18.3 Å². The van der Waals surface area contributed by atoms with E-state index in [-0.39, 0.29) is 23.0 Å². The Bertz CT molecular complexity index is 1390. The molecule has 0 saturated heterocycles. The Hall–Kier alpha value is -3.92. The lowest BCUT2D eigenvalue weighted by molar-refractivity contribution is -0.118. The van der Waals surface area contributed by atoms with Gasteiger partial charge in [0.25, 0.3) is 5.56 Å². The van der Waals surface area contributed by atoms with Crippen molar-refractivity contribution in [2.24, 2.45) is 0 Å². The number of halogens is 2. The van der Waals surface area contributed by atoms with E-state index in [1.165, 1.54) is 28.8 Å². The summed E-state index contributed by atoms with van der Waals surface area (Å²) in [4.78, 5) is 30.4. The first kappa shape index (κ1) is 24.2. The second-order valence-electron chi connectivity index (χ2n) is 7.34. The van der Waals surface area contributed by atoms with Crippen LogP contribution in [0.4, 0.5) is 8.78 Å². The summed E-state index contributed by atoms with van der Waals surface area (Å²) in [7, 11) is 1.57. The predicted molar refractivity (Wildman–Crippen MR) is 130 cm³/mol. The van der Waals surface area contributed by atoms with Crippen LogP contribution in [0.5, 0.6) is 11.5 Å². The highest BCUT2D eigenvalue weighted by molar-refractivity contribution is 7.99. The summed E-state index contributed by atoms with van der Waals surface area (Å²) < 4.78 is 35.9. The highest BCUT2D eigenvalue weighted by Crippen LogP contribution is 2.23. The van der Waals surface area contributed by atoms with E-state index < -0.39 is 6.61 Å². The topological polar surface area (TPSA) is 82.5 Å². The SMILES string of the molecule is COc1cccc(CNC(=O)CSc2nc3ccccc3c(=O)n2-c2ccc(OC(F)F)cc2)c1. The van der Waals surface area contributed by atoms with Crippen molar-refractivity contribution in [2.75, 3.05) is 12.9 Å². The van der Waals surface area contributed by atoms with Gasteiger partial charge in [0.2, 0.25) is 5.91 Å². The molecule has 0 radical (unpaired) electrons. The van der Waals surface area contributed by atoms with Gasteiger partial charge >= 0.3 is 6.61 Å². The number of rotatable bonds is 9. The highest BCUT2D eigenvalue weighted by Gasteiger charge is 2.15. The molecule has 0 spiro atoms. The molecule has 7 nitrogen and oxygen atoms in total. The van der Waals surface area contributed by atoms with E-state index in [1.54, 1.807) is 31.4 Å². The molecular weight excluding hydrogens is 476 g/mol. The lowest BCUT2D eigenvalue weighted by Crippen LogP contribution is -2.26. The molecule has 0 aliphatic heterocycles. The van der Waals surface area contributed by atoms with E-state index >= 15 is 0 Å². The second-order valence-corrected chi connectivity index (χ2v) is 8.28. The Morgan fingerprint density at radius 2 is 1.83 bits per heavy atom. The maximum Gasteiger partial charge on any atom is 0.387 e. The summed E-state index contributed by atoms with van der Waals surface area (Å²) in [6.45, 7) is -2.63. The molecule has 3 aromatic carbocycles. The molecule has 1 amide bonds. The van der Waals surface area contributed by atoms with Gasteiger partial charge in [-0.3, -0.25) is 14.2 Å². The zero-order valence-corrected chi connectivity index (χ0v) is 19.4. The third kappa shape index (κ3) is 5.96. The predicted octanol–water partition coefficient (Wildman–Crippen LogP) is 4.40. The van der Waals surface area contributed by atoms with E-state index in [0.29, 0.717) is 34.0 Å². The maximum absolute atomic E-state index is 13.3. The number of nitrogens with zero attached hydrogens (tertiary/aromatic N) is 2. The zero-order valence-electron chi connectivity index (χ0n) is 18.6. The number of hydrogen-bond acceptors (Lipinski definition) is 6. The number of methoxy groups -OCH3 is 1. The van der Waals surface area contributed by atoms with Gasteiger partial charge < -0.3 is 14.8 Å². The van der Waals surface area contributed by atoms with Crippen molar-refractivity contribution >= 4 is 28.6 Å². The van der Waals surface area contributed by atoms with Crippen molar-refractivity contribution in [3.63, 3.8) is 0 Å². The molecule has 1 N–H and O–H groups in total. The Morgan fingerprint density at radius 3 is 2.57 bits per heavy atom. The van der Waals surface area contributed by atoms with E-state index in [2.05, 4.69) is 15.0 Å². The number of benzene rings is 3. The molecule has 0 unspecified atom stereocenters. The van der Waals surface area contributed by atoms with Crippen LogP contribution in [0.3, 0.4) is 0 Å². The minimum absolute atomic E-state index is 0.0152. The van der Waals surface area contributed by atoms with E-state index in [4.69, 9.17) is 4.74 Å². The molecule has 35 heavy (non-hydrogen) atoms. The maximum atomic E-state index is 13.3. The van der Waals surface area contributed by atoms with E-state index in [1.807, 2.05) is 24.3 Å². The van der Waals surface area contributed by atoms with Crippen molar-refractivity contribution in [3.8, 4) is 17.2 Å². The van der Waals surface area contributed by atoms with Gasteiger partial charge in [0.15, 0.2) is 5.16 Å². The standard InChI is InChI=1S/C25H21F2N3O4S/c1-33-19-6-4-5-16(13-19)14-28-22(31)15-35-25-29-21-8-3-2-7-20(21)23(32)30(25)17-9-11-18(12-10-17)34-24(26)27/h2-13,24H,14-15H2,1H3,(H,28,31). The molecule has 0 aliphatic rings. The zero-order chi connectivity index (χ0) is 24.8. The Labute approximate surface area is 203 Å². The minimum Gasteiger partial charge on any atom is -0.497 e. The Morgan fingerprint density at radius 1 is 1.06 bits per heavy atom. The fourth-order valence-corrected chi connectivity index (χ4v) is 4.22. The average Bonchev–Trinajstić information content (AvgIpc) is 2.87. The van der Waals surface area contributed by atoms with Gasteiger partial charge in [-0.15, -0.1) is 0 Å². The van der Waals surface area contributed by atoms with E-state index in [0.717, 1.165) is 17.3 Å². The van der Waals surface area contributed by atoms with Crippen LogP contribution in [-0.4, -0.2) is 34.9 Å². The molecule has 10 heteroatoms. The van der Waals surface area contributed by atoms with Crippen molar-refractivity contribution in [1.29, 1.82) is 0 Å². The van der Waals surface area contributed by atoms with Crippen molar-refractivity contribution in [3.05, 3.63) is 88.7 Å². The minimum atomic E-state index is -2.95. The number of para-hydroxylation sites is 1. The first-order chi connectivity index (χ1) is 16.9. The molecule has 0 saturated carbocycles. The molecule has 4 rings (SSSR count). The number of nitrogens with one attached hydrogen (secondary N) is 1. The molecule has 0 bridgehead atoms. The van der Waals surface area contributed by atoms with Crippen LogP contribution in [0.15, 0.2) is 82.7 Å². The average molecular weight is 498 g/mol. The van der Waals surface area contributed by atoms with Crippen LogP contribution in [0.2, 0.25) is 0 Å². The van der Waals surface area contributed by atoms with Crippen LogP contribution in [0.25, 0.3) is 16.6 Å². The summed E-state index contributed by atoms with van der Waals surface area (Å²) >= 11 is 1.10. The van der Waals surface area contributed by atoms with Gasteiger partial charge in [-0.1, -0.05) is 36.0 Å². The first-order valence-electron chi connectivity index (χ1n) is 10.5. The number of carbonyl (C=O) groups is 1. The number of alkyl halides is 2. The van der Waals surface area contributed by atoms with E-state index in [9.17, 15) is 18.4 Å². The normalized spacial score (nSPS) is 11.0. The van der Waals surface area contributed by atoms with Crippen LogP contribution >= 0.6 is 11.8 Å².